The van der Waals surface area contributed by atoms with E-state index in [2.05, 4.69) is 11.7 Å². The van der Waals surface area contributed by atoms with Crippen LogP contribution >= 0.6 is 0 Å². The monoisotopic (exact) mass is 275 g/mol. The molecule has 0 aliphatic heterocycles. The molecule has 0 aliphatic carbocycles. The second-order valence-electron chi connectivity index (χ2n) is 4.66. The zero-order valence-corrected chi connectivity index (χ0v) is 12.5. The molecule has 0 heterocycles. The summed E-state index contributed by atoms with van der Waals surface area (Å²) in [7, 11) is 0. The van der Waals surface area contributed by atoms with Crippen LogP contribution in [0.15, 0.2) is 41.6 Å². The van der Waals surface area contributed by atoms with E-state index >= 15 is 0 Å². The van der Waals surface area contributed by atoms with Crippen LogP contribution in [0.2, 0.25) is 0 Å². The highest BCUT2D eigenvalue weighted by Crippen LogP contribution is 2.12. The molecule has 4 nitrogen and oxygen atoms in total. The van der Waals surface area contributed by atoms with Crippen LogP contribution in [0, 0.1) is 6.92 Å². The lowest BCUT2D eigenvalue weighted by atomic mass is 10.0. The van der Waals surface area contributed by atoms with E-state index in [1.54, 1.807) is 6.92 Å². The van der Waals surface area contributed by atoms with Gasteiger partial charge in [-0.2, -0.15) is 0 Å². The van der Waals surface area contributed by atoms with Crippen molar-refractivity contribution in [2.24, 2.45) is 5.16 Å². The van der Waals surface area contributed by atoms with Crippen LogP contribution in [-0.2, 0) is 14.4 Å². The number of ether oxygens (including phenoxy) is 1. The number of hydrogen-bond donors (Lipinski definition) is 0. The number of aryl methyl sites for hydroxylation is 1. The molecule has 0 unspecified atom stereocenters. The lowest BCUT2D eigenvalue weighted by Gasteiger charge is -2.11. The van der Waals surface area contributed by atoms with Crippen molar-refractivity contribution in [1.29, 1.82) is 0 Å². The van der Waals surface area contributed by atoms with Crippen LogP contribution in [0.1, 0.15) is 31.9 Å². The van der Waals surface area contributed by atoms with Gasteiger partial charge in [0.05, 0.1) is 12.2 Å². The number of oxime groups is 1. The Morgan fingerprint density at radius 3 is 2.40 bits per heavy atom. The smallest absolute Gasteiger partial charge is 0.339 e. The number of hydrogen-bond acceptors (Lipinski definition) is 4. The van der Waals surface area contributed by atoms with Crippen molar-refractivity contribution in [3.63, 3.8) is 0 Å². The van der Waals surface area contributed by atoms with Gasteiger partial charge in [-0.15, -0.1) is 0 Å². The van der Waals surface area contributed by atoms with Gasteiger partial charge in [-0.05, 0) is 27.7 Å². The molecule has 0 saturated carbocycles. The Bertz CT molecular complexity index is 501. The Hall–Kier alpha value is -2.10. The summed E-state index contributed by atoms with van der Waals surface area (Å²) >= 11 is 0. The van der Waals surface area contributed by atoms with Crippen molar-refractivity contribution in [1.82, 2.24) is 0 Å². The molecular weight excluding hydrogens is 254 g/mol. The number of rotatable bonds is 6. The van der Waals surface area contributed by atoms with Crippen molar-refractivity contribution >= 4 is 11.7 Å². The number of benzene rings is 1. The predicted octanol–water partition coefficient (Wildman–Crippen LogP) is 3.24. The number of carbonyl (C=O) groups excluding carboxylic acids is 1. The van der Waals surface area contributed by atoms with E-state index in [4.69, 9.17) is 9.57 Å². The minimum Gasteiger partial charge on any atom is -0.462 e. The topological polar surface area (TPSA) is 47.9 Å². The second kappa shape index (κ2) is 7.48. The average molecular weight is 275 g/mol. The third-order valence-electron chi connectivity index (χ3n) is 2.49. The highest BCUT2D eigenvalue weighted by molar-refractivity contribution is 6.26. The molecule has 0 N–H and O–H groups in total. The Morgan fingerprint density at radius 1 is 1.30 bits per heavy atom. The summed E-state index contributed by atoms with van der Waals surface area (Å²) in [6.07, 6.45) is -0.0783. The molecule has 0 saturated heterocycles. The quantitative estimate of drug-likeness (QED) is 0.346. The molecule has 1 aromatic rings. The van der Waals surface area contributed by atoms with Gasteiger partial charge in [-0.25, -0.2) is 4.79 Å². The number of esters is 1. The zero-order chi connectivity index (χ0) is 15.1. The van der Waals surface area contributed by atoms with Crippen LogP contribution in [0.3, 0.4) is 0 Å². The Balaban J connectivity index is 3.08. The van der Waals surface area contributed by atoms with Crippen molar-refractivity contribution in [3.8, 4) is 0 Å². The lowest BCUT2D eigenvalue weighted by molar-refractivity contribution is -0.137. The molecule has 0 aliphatic rings. The molecule has 108 valence electrons. The van der Waals surface area contributed by atoms with E-state index in [1.165, 1.54) is 0 Å². The van der Waals surface area contributed by atoms with Crippen LogP contribution < -0.4 is 0 Å². The Labute approximate surface area is 120 Å². The molecule has 1 aromatic carbocycles. The summed E-state index contributed by atoms with van der Waals surface area (Å²) in [4.78, 5) is 17.1. The van der Waals surface area contributed by atoms with Gasteiger partial charge in [0.1, 0.15) is 11.8 Å². The predicted molar refractivity (Wildman–Crippen MR) is 79.7 cm³/mol. The Morgan fingerprint density at radius 2 is 1.90 bits per heavy atom. The van der Waals surface area contributed by atoms with Crippen molar-refractivity contribution in [3.05, 3.63) is 47.5 Å². The van der Waals surface area contributed by atoms with Crippen molar-refractivity contribution in [2.75, 3.05) is 6.61 Å². The lowest BCUT2D eigenvalue weighted by Crippen LogP contribution is -2.17. The summed E-state index contributed by atoms with van der Waals surface area (Å²) in [5.41, 5.74) is 2.49. The van der Waals surface area contributed by atoms with Gasteiger partial charge in [-0.3, -0.25) is 0 Å². The standard InChI is InChI=1S/C16H21NO3/c1-6-19-16(18)13(5)15(17-20-11(2)3)14-9-7-12(4)8-10-14/h7-11H,5-6H2,1-4H3/b17-15+. The largest absolute Gasteiger partial charge is 0.462 e. The molecule has 1 rings (SSSR count). The van der Waals surface area contributed by atoms with E-state index < -0.39 is 5.97 Å². The number of nitrogens with zero attached hydrogens (tertiary/aromatic N) is 1. The van der Waals surface area contributed by atoms with Gasteiger partial charge in [0.2, 0.25) is 0 Å². The van der Waals surface area contributed by atoms with E-state index in [-0.39, 0.29) is 11.7 Å². The van der Waals surface area contributed by atoms with Crippen LogP contribution in [-0.4, -0.2) is 24.4 Å². The van der Waals surface area contributed by atoms with Gasteiger partial charge in [-0.1, -0.05) is 41.6 Å². The highest BCUT2D eigenvalue weighted by Gasteiger charge is 2.18. The molecule has 0 fully saturated rings. The first-order valence-electron chi connectivity index (χ1n) is 6.63. The normalized spacial score (nSPS) is 11.3. The molecule has 0 amide bonds. The van der Waals surface area contributed by atoms with Crippen LogP contribution in [0.5, 0.6) is 0 Å². The molecular formula is C16H21NO3. The molecule has 20 heavy (non-hydrogen) atoms. The summed E-state index contributed by atoms with van der Waals surface area (Å²) < 4.78 is 4.96. The fourth-order valence-corrected chi connectivity index (χ4v) is 1.47. The van der Waals surface area contributed by atoms with Gasteiger partial charge >= 0.3 is 5.97 Å². The highest BCUT2D eigenvalue weighted by atomic mass is 16.6. The van der Waals surface area contributed by atoms with E-state index in [1.807, 2.05) is 45.0 Å². The van der Waals surface area contributed by atoms with E-state index in [0.29, 0.717) is 12.3 Å². The third-order valence-corrected chi connectivity index (χ3v) is 2.49. The fourth-order valence-electron chi connectivity index (χ4n) is 1.47. The van der Waals surface area contributed by atoms with Crippen molar-refractivity contribution < 1.29 is 14.4 Å². The summed E-state index contributed by atoms with van der Waals surface area (Å²) in [6, 6.07) is 7.64. The van der Waals surface area contributed by atoms with Crippen LogP contribution in [0.4, 0.5) is 0 Å². The van der Waals surface area contributed by atoms with Gasteiger partial charge in [0.15, 0.2) is 0 Å². The first-order valence-corrected chi connectivity index (χ1v) is 6.63. The third kappa shape index (κ3) is 4.53. The fraction of sp³-hybridized carbons (Fsp3) is 0.375. The summed E-state index contributed by atoms with van der Waals surface area (Å²) in [6.45, 7) is 11.5. The maximum absolute atomic E-state index is 11.8. The maximum atomic E-state index is 11.8. The summed E-state index contributed by atoms with van der Waals surface area (Å²) in [5, 5.41) is 4.04. The maximum Gasteiger partial charge on any atom is 0.339 e. The zero-order valence-electron chi connectivity index (χ0n) is 12.5. The second-order valence-corrected chi connectivity index (χ2v) is 4.66. The molecule has 0 radical (unpaired) electrons. The molecule has 4 heteroatoms. The molecule has 0 spiro atoms. The summed E-state index contributed by atoms with van der Waals surface area (Å²) in [5.74, 6) is -0.487. The molecule has 0 bridgehead atoms. The molecule has 0 atom stereocenters. The van der Waals surface area contributed by atoms with Gasteiger partial charge in [0, 0.05) is 5.56 Å². The minimum atomic E-state index is -0.487. The first kappa shape index (κ1) is 16.0. The number of carbonyl (C=O) groups is 1. The molecule has 0 aromatic heterocycles. The van der Waals surface area contributed by atoms with E-state index in [0.717, 1.165) is 11.1 Å². The SMILES string of the molecule is C=C(C(=O)OCC)/C(=N\OC(C)C)c1ccc(C)cc1. The van der Waals surface area contributed by atoms with E-state index in [9.17, 15) is 4.79 Å². The Kier molecular flexibility index (Phi) is 5.97. The van der Waals surface area contributed by atoms with Gasteiger partial charge in [0.25, 0.3) is 0 Å². The van der Waals surface area contributed by atoms with Gasteiger partial charge < -0.3 is 9.57 Å². The minimum absolute atomic E-state index is 0.0783. The van der Waals surface area contributed by atoms with Crippen molar-refractivity contribution in [2.45, 2.75) is 33.8 Å². The average Bonchev–Trinajstić information content (AvgIpc) is 2.40. The van der Waals surface area contributed by atoms with Crippen LogP contribution in [0.25, 0.3) is 0 Å². The first-order chi connectivity index (χ1) is 9.45.